The van der Waals surface area contributed by atoms with E-state index < -0.39 is 0 Å². The molecule has 0 aliphatic heterocycles. The summed E-state index contributed by atoms with van der Waals surface area (Å²) in [4.78, 5) is 0. The molecule has 0 N–H and O–H groups in total. The summed E-state index contributed by atoms with van der Waals surface area (Å²) >= 11 is 0.915. The number of hydrogen-bond acceptors (Lipinski definition) is 0. The average molecular weight is 571 g/mol. The third-order valence-corrected chi connectivity index (χ3v) is 4.46. The number of hydrogen-bond donors (Lipinski definition) is 0. The number of benzene rings is 2. The molecular formula is C15H10FNPbPr-. The molecule has 19 heavy (non-hydrogen) atoms. The molecule has 1 nitrogen and oxygen atoms in total. The molecule has 3 rings (SSSR count). The maximum absolute atomic E-state index is 13.4. The molecule has 0 fully saturated rings. The molecular weight excluding hydrogens is 561 g/mol. The Labute approximate surface area is 160 Å². The summed E-state index contributed by atoms with van der Waals surface area (Å²) in [5, 5.41) is 1.08. The van der Waals surface area contributed by atoms with Crippen LogP contribution < -0.4 is 3.25 Å². The summed E-state index contributed by atoms with van der Waals surface area (Å²) in [6.45, 7) is 2.05. The van der Waals surface area contributed by atoms with Crippen LogP contribution in [0.2, 0.25) is 0 Å². The SMILES string of the molecule is Cc1ccc[c-]c1-n1[c]([Pb])cc2ccc(F)cc21.[Pr]. The zero-order valence-corrected chi connectivity index (χ0v) is 18.0. The summed E-state index contributed by atoms with van der Waals surface area (Å²) < 4.78 is 16.8. The van der Waals surface area contributed by atoms with E-state index in [1.165, 1.54) is 9.32 Å². The van der Waals surface area contributed by atoms with Gasteiger partial charge in [-0.25, -0.2) is 0 Å². The Morgan fingerprint density at radius 2 is 2.00 bits per heavy atom. The molecule has 0 aliphatic rings. The number of para-hydroxylation sites is 1. The Balaban J connectivity index is 0.00000133. The molecule has 3 aromatic rings. The minimum atomic E-state index is -0.197. The van der Waals surface area contributed by atoms with E-state index in [1.807, 2.05) is 18.2 Å². The molecule has 0 saturated carbocycles. The van der Waals surface area contributed by atoms with Crippen LogP contribution in [0.15, 0.2) is 42.5 Å². The number of halogens is 1. The largest absolute Gasteiger partial charge is 0 e. The van der Waals surface area contributed by atoms with E-state index in [0.717, 1.165) is 47.9 Å². The summed E-state index contributed by atoms with van der Waals surface area (Å²) in [5.41, 5.74) is 3.09. The molecule has 0 saturated heterocycles. The summed E-state index contributed by atoms with van der Waals surface area (Å²) in [5.74, 6) is -0.197. The van der Waals surface area contributed by atoms with Crippen molar-refractivity contribution in [1.29, 1.82) is 0 Å². The third-order valence-electron chi connectivity index (χ3n) is 3.03. The Morgan fingerprint density at radius 3 is 2.74 bits per heavy atom. The van der Waals surface area contributed by atoms with Crippen molar-refractivity contribution in [2.24, 2.45) is 0 Å². The molecule has 1 heterocycles. The van der Waals surface area contributed by atoms with Crippen LogP contribution in [0.4, 0.5) is 4.39 Å². The van der Waals surface area contributed by atoms with Crippen LogP contribution in [-0.4, -0.2) is 30.3 Å². The monoisotopic (exact) mass is 572 g/mol. The van der Waals surface area contributed by atoms with Crippen LogP contribution >= 0.6 is 0 Å². The van der Waals surface area contributed by atoms with Gasteiger partial charge in [0.2, 0.25) is 0 Å². The zero-order valence-electron chi connectivity index (χ0n) is 10.4. The minimum Gasteiger partial charge on any atom is 0 e. The maximum Gasteiger partial charge on any atom is 0 e. The van der Waals surface area contributed by atoms with Gasteiger partial charge in [0.05, 0.1) is 0 Å². The van der Waals surface area contributed by atoms with Crippen LogP contribution in [0.25, 0.3) is 16.6 Å². The fourth-order valence-electron chi connectivity index (χ4n) is 2.17. The van der Waals surface area contributed by atoms with Gasteiger partial charge in [-0.1, -0.05) is 0 Å². The van der Waals surface area contributed by atoms with Gasteiger partial charge in [-0.05, 0) is 0 Å². The number of fused-ring (bicyclic) bond motifs is 1. The molecule has 0 amide bonds. The van der Waals surface area contributed by atoms with E-state index in [0.29, 0.717) is 0 Å². The van der Waals surface area contributed by atoms with E-state index >= 15 is 0 Å². The molecule has 90 valence electrons. The van der Waals surface area contributed by atoms with Gasteiger partial charge in [0.15, 0.2) is 0 Å². The van der Waals surface area contributed by atoms with Crippen molar-refractivity contribution in [2.45, 2.75) is 6.92 Å². The molecule has 4 heteroatoms. The van der Waals surface area contributed by atoms with Gasteiger partial charge >= 0.3 is 121 Å². The third kappa shape index (κ3) is 2.95. The first-order chi connectivity index (χ1) is 8.66. The predicted molar refractivity (Wildman–Crippen MR) is 72.2 cm³/mol. The predicted octanol–water partition coefficient (Wildman–Crippen LogP) is 2.67. The fourth-order valence-corrected chi connectivity index (χ4v) is 3.68. The topological polar surface area (TPSA) is 4.93 Å². The van der Waals surface area contributed by atoms with Crippen molar-refractivity contribution >= 4 is 39.9 Å². The van der Waals surface area contributed by atoms with Crippen LogP contribution in [0.5, 0.6) is 0 Å². The van der Waals surface area contributed by atoms with Gasteiger partial charge in [-0.15, -0.1) is 0 Å². The average Bonchev–Trinajstić information content (AvgIpc) is 2.66. The number of aromatic nitrogens is 1. The van der Waals surface area contributed by atoms with Crippen molar-refractivity contribution < 1.29 is 45.7 Å². The van der Waals surface area contributed by atoms with Gasteiger partial charge in [-0.2, -0.15) is 0 Å². The molecule has 4 radical (unpaired) electrons. The molecule has 0 unspecified atom stereocenters. The molecule has 2 aromatic carbocycles. The second-order valence-electron chi connectivity index (χ2n) is 4.27. The Morgan fingerprint density at radius 1 is 1.21 bits per heavy atom. The van der Waals surface area contributed by atoms with Crippen LogP contribution in [0.1, 0.15) is 5.56 Å². The second-order valence-corrected chi connectivity index (χ2v) is 6.26. The minimum absolute atomic E-state index is 0. The van der Waals surface area contributed by atoms with Crippen molar-refractivity contribution in [3.63, 3.8) is 0 Å². The van der Waals surface area contributed by atoms with Crippen molar-refractivity contribution in [3.8, 4) is 5.69 Å². The number of rotatable bonds is 1. The van der Waals surface area contributed by atoms with Crippen molar-refractivity contribution in [1.82, 2.24) is 4.57 Å². The normalized spacial score (nSPS) is 10.5. The molecule has 0 aliphatic carbocycles. The van der Waals surface area contributed by atoms with E-state index in [1.54, 1.807) is 6.07 Å². The van der Waals surface area contributed by atoms with E-state index in [4.69, 9.17) is 0 Å². The van der Waals surface area contributed by atoms with Crippen LogP contribution in [0, 0.1) is 60.1 Å². The van der Waals surface area contributed by atoms with E-state index in [9.17, 15) is 4.39 Å². The fraction of sp³-hybridized carbons (Fsp3) is 0.0667. The van der Waals surface area contributed by atoms with Crippen LogP contribution in [-0.2, 0) is 0 Å². The molecule has 0 spiro atoms. The Kier molecular flexibility index (Phi) is 5.18. The van der Waals surface area contributed by atoms with Crippen LogP contribution in [0.3, 0.4) is 0 Å². The maximum atomic E-state index is 13.4. The Bertz CT molecular complexity index is 736. The standard InChI is InChI=1S/C15H10FN.Pb.Pr/c1-11-4-2-3-5-14(11)17-9-8-12-6-7-13(16)10-15(12)17;;/h2-4,6-8,10H,1H3;;/q-1;;. The first-order valence-electron chi connectivity index (χ1n) is 5.67. The van der Waals surface area contributed by atoms with Gasteiger partial charge < -0.3 is 0 Å². The van der Waals surface area contributed by atoms with Crippen molar-refractivity contribution in [2.75, 3.05) is 0 Å². The quantitative estimate of drug-likeness (QED) is 0.313. The van der Waals surface area contributed by atoms with Crippen molar-refractivity contribution in [3.05, 3.63) is 59.9 Å². The molecule has 1 aromatic heterocycles. The van der Waals surface area contributed by atoms with Gasteiger partial charge in [0, 0.05) is 41.3 Å². The number of aryl methyl sites for hydroxylation is 1. The van der Waals surface area contributed by atoms with Gasteiger partial charge in [0.25, 0.3) is 0 Å². The van der Waals surface area contributed by atoms with E-state index in [-0.39, 0.29) is 47.1 Å². The second kappa shape index (κ2) is 6.31. The first-order valence-corrected chi connectivity index (χ1v) is 7.61. The Hall–Kier alpha value is 0.196. The summed E-state index contributed by atoms with van der Waals surface area (Å²) in [6, 6.07) is 16.2. The molecule has 0 bridgehead atoms. The summed E-state index contributed by atoms with van der Waals surface area (Å²) in [7, 11) is 0. The van der Waals surface area contributed by atoms with E-state index in [2.05, 4.69) is 29.7 Å². The van der Waals surface area contributed by atoms with Gasteiger partial charge in [-0.3, -0.25) is 0 Å². The molecule has 0 atom stereocenters. The number of nitrogens with zero attached hydrogens (tertiary/aromatic N) is 1. The van der Waals surface area contributed by atoms with Gasteiger partial charge in [0.1, 0.15) is 0 Å². The smallest absolute Gasteiger partial charge is 0 e. The zero-order chi connectivity index (χ0) is 12.7. The summed E-state index contributed by atoms with van der Waals surface area (Å²) in [6.07, 6.45) is 0. The first kappa shape index (κ1) is 15.6.